The summed E-state index contributed by atoms with van der Waals surface area (Å²) in [7, 11) is 0. The van der Waals surface area contributed by atoms with Gasteiger partial charge < -0.3 is 10.1 Å². The highest BCUT2D eigenvalue weighted by molar-refractivity contribution is 7.13. The summed E-state index contributed by atoms with van der Waals surface area (Å²) in [5, 5.41) is 9.99. The fourth-order valence-electron chi connectivity index (χ4n) is 6.77. The number of ether oxygens (including phenoxy) is 1. The number of benzene rings is 1. The zero-order valence-electron chi connectivity index (χ0n) is 19.6. The van der Waals surface area contributed by atoms with Gasteiger partial charge >= 0.3 is 5.97 Å². The summed E-state index contributed by atoms with van der Waals surface area (Å²) in [6.45, 7) is -0.244. The number of amides is 1. The van der Waals surface area contributed by atoms with E-state index in [9.17, 15) is 9.59 Å². The molecule has 3 aromatic rings. The van der Waals surface area contributed by atoms with Crippen LogP contribution in [0.1, 0.15) is 44.1 Å². The predicted octanol–water partition coefficient (Wildman–Crippen LogP) is 5.24. The van der Waals surface area contributed by atoms with Gasteiger partial charge in [-0.15, -0.1) is 11.3 Å². The van der Waals surface area contributed by atoms with Crippen LogP contribution < -0.4 is 5.32 Å². The van der Waals surface area contributed by atoms with Crippen molar-refractivity contribution >= 4 is 29.3 Å². The van der Waals surface area contributed by atoms with Crippen molar-refractivity contribution in [1.29, 1.82) is 0 Å². The second kappa shape index (κ2) is 9.11. The van der Waals surface area contributed by atoms with E-state index in [2.05, 4.69) is 5.32 Å². The molecule has 1 amide bonds. The van der Waals surface area contributed by atoms with E-state index in [0.717, 1.165) is 58.8 Å². The third-order valence-corrected chi connectivity index (χ3v) is 8.58. The Morgan fingerprint density at radius 1 is 1.06 bits per heavy atom. The predicted molar refractivity (Wildman–Crippen MR) is 136 cm³/mol. The van der Waals surface area contributed by atoms with Crippen molar-refractivity contribution in [2.75, 3.05) is 6.61 Å². The maximum Gasteiger partial charge on any atom is 0.331 e. The molecule has 1 N–H and O–H groups in total. The van der Waals surface area contributed by atoms with Gasteiger partial charge in [0.05, 0.1) is 10.6 Å². The van der Waals surface area contributed by atoms with Gasteiger partial charge in [-0.1, -0.05) is 24.3 Å². The molecular weight excluding hydrogens is 458 g/mol. The molecule has 4 saturated carbocycles. The number of aromatic nitrogens is 2. The van der Waals surface area contributed by atoms with E-state index < -0.39 is 5.97 Å². The van der Waals surface area contributed by atoms with E-state index in [0.29, 0.717) is 0 Å². The molecule has 4 fully saturated rings. The smallest absolute Gasteiger partial charge is 0.331 e. The monoisotopic (exact) mass is 487 g/mol. The van der Waals surface area contributed by atoms with Crippen molar-refractivity contribution in [3.63, 3.8) is 0 Å². The number of thiophene rings is 1. The Bertz CT molecular complexity index is 1210. The van der Waals surface area contributed by atoms with Gasteiger partial charge in [0.15, 0.2) is 6.61 Å². The minimum absolute atomic E-state index is 0.0737. The molecule has 1 aromatic carbocycles. The van der Waals surface area contributed by atoms with Gasteiger partial charge in [0.2, 0.25) is 0 Å². The molecule has 0 spiro atoms. The SMILES string of the molecule is O=C(COC(=O)/C=C/c1cn(-c2ccccc2)nc1-c1cccs1)NC12CC3CC(CC(C3)C1)C2. The summed E-state index contributed by atoms with van der Waals surface area (Å²) in [5.74, 6) is 1.53. The highest BCUT2D eigenvalue weighted by Crippen LogP contribution is 2.55. The van der Waals surface area contributed by atoms with E-state index >= 15 is 0 Å². The molecule has 7 rings (SSSR count). The zero-order chi connectivity index (χ0) is 23.8. The average Bonchev–Trinajstić information content (AvgIpc) is 3.51. The number of carbonyl (C=O) groups excluding carboxylic acids is 2. The molecule has 4 aliphatic carbocycles. The van der Waals surface area contributed by atoms with Crippen molar-refractivity contribution in [1.82, 2.24) is 15.1 Å². The molecule has 6 nitrogen and oxygen atoms in total. The van der Waals surface area contributed by atoms with Gasteiger partial charge in [0.25, 0.3) is 5.91 Å². The lowest BCUT2D eigenvalue weighted by Gasteiger charge is -2.56. The first-order valence-corrected chi connectivity index (χ1v) is 13.3. The van der Waals surface area contributed by atoms with E-state index in [4.69, 9.17) is 9.84 Å². The van der Waals surface area contributed by atoms with Crippen molar-refractivity contribution in [2.45, 2.75) is 44.1 Å². The summed E-state index contributed by atoms with van der Waals surface area (Å²) in [5.41, 5.74) is 2.48. The summed E-state index contributed by atoms with van der Waals surface area (Å²) in [4.78, 5) is 26.1. The number of carbonyl (C=O) groups is 2. The van der Waals surface area contributed by atoms with Crippen LogP contribution in [0.15, 0.2) is 60.1 Å². The molecule has 4 bridgehead atoms. The summed E-state index contributed by atoms with van der Waals surface area (Å²) in [6, 6.07) is 13.8. The highest BCUT2D eigenvalue weighted by atomic mass is 32.1. The van der Waals surface area contributed by atoms with Crippen molar-refractivity contribution in [2.24, 2.45) is 17.8 Å². The van der Waals surface area contributed by atoms with Gasteiger partial charge in [-0.2, -0.15) is 5.10 Å². The maximum absolute atomic E-state index is 12.7. The molecule has 35 heavy (non-hydrogen) atoms. The van der Waals surface area contributed by atoms with Crippen molar-refractivity contribution in [3.05, 3.63) is 65.7 Å². The molecule has 0 atom stereocenters. The Morgan fingerprint density at radius 2 is 1.77 bits per heavy atom. The largest absolute Gasteiger partial charge is 0.452 e. The second-order valence-electron chi connectivity index (χ2n) is 10.4. The van der Waals surface area contributed by atoms with Gasteiger partial charge in [0.1, 0.15) is 5.69 Å². The Labute approximate surface area is 209 Å². The van der Waals surface area contributed by atoms with Crippen LogP contribution in [0, 0.1) is 17.8 Å². The first-order valence-electron chi connectivity index (χ1n) is 12.4. The van der Waals surface area contributed by atoms with Gasteiger partial charge in [-0.3, -0.25) is 4.79 Å². The van der Waals surface area contributed by atoms with E-state index in [1.807, 2.05) is 54.0 Å². The molecule has 0 radical (unpaired) electrons. The van der Waals surface area contributed by atoms with Gasteiger partial charge in [0, 0.05) is 23.4 Å². The molecule has 0 saturated heterocycles. The van der Waals surface area contributed by atoms with Crippen LogP contribution >= 0.6 is 11.3 Å². The fourth-order valence-corrected chi connectivity index (χ4v) is 7.50. The van der Waals surface area contributed by atoms with E-state index in [1.165, 1.54) is 25.3 Å². The number of hydrogen-bond donors (Lipinski definition) is 1. The maximum atomic E-state index is 12.7. The van der Waals surface area contributed by atoms with E-state index in [1.54, 1.807) is 22.1 Å². The summed E-state index contributed by atoms with van der Waals surface area (Å²) >= 11 is 1.59. The minimum atomic E-state index is -0.532. The van der Waals surface area contributed by atoms with Crippen LogP contribution in [-0.2, 0) is 14.3 Å². The normalized spacial score (nSPS) is 26.8. The molecule has 7 heteroatoms. The minimum Gasteiger partial charge on any atom is -0.452 e. The number of esters is 1. The third-order valence-electron chi connectivity index (χ3n) is 7.71. The molecular formula is C28H29N3O3S. The van der Waals surface area contributed by atoms with Gasteiger partial charge in [-0.25, -0.2) is 9.48 Å². The quantitative estimate of drug-likeness (QED) is 0.365. The first-order chi connectivity index (χ1) is 17.1. The lowest BCUT2D eigenvalue weighted by molar-refractivity contribution is -0.145. The average molecular weight is 488 g/mol. The molecule has 0 aliphatic heterocycles. The van der Waals surface area contributed by atoms with Crippen LogP contribution in [0.3, 0.4) is 0 Å². The Balaban J connectivity index is 1.10. The number of nitrogens with zero attached hydrogens (tertiary/aromatic N) is 2. The van der Waals surface area contributed by atoms with E-state index in [-0.39, 0.29) is 18.1 Å². The van der Waals surface area contributed by atoms with Crippen LogP contribution in [0.4, 0.5) is 0 Å². The third kappa shape index (κ3) is 4.69. The lowest BCUT2D eigenvalue weighted by Crippen LogP contribution is -2.60. The van der Waals surface area contributed by atoms with Crippen LogP contribution in [0.5, 0.6) is 0 Å². The summed E-state index contributed by atoms with van der Waals surface area (Å²) in [6.07, 6.45) is 12.2. The van der Waals surface area contributed by atoms with Gasteiger partial charge in [-0.05, 0) is 85.9 Å². The fraction of sp³-hybridized carbons (Fsp3) is 0.393. The van der Waals surface area contributed by atoms with Crippen molar-refractivity contribution < 1.29 is 14.3 Å². The Morgan fingerprint density at radius 3 is 2.43 bits per heavy atom. The molecule has 2 heterocycles. The number of para-hydroxylation sites is 1. The second-order valence-corrected chi connectivity index (χ2v) is 11.3. The van der Waals surface area contributed by atoms with Crippen LogP contribution in [-0.4, -0.2) is 33.8 Å². The Hall–Kier alpha value is -3.19. The molecule has 0 unspecified atom stereocenters. The highest BCUT2D eigenvalue weighted by Gasteiger charge is 2.51. The molecule has 2 aromatic heterocycles. The Kier molecular flexibility index (Phi) is 5.80. The summed E-state index contributed by atoms with van der Waals surface area (Å²) < 4.78 is 7.10. The van der Waals surface area contributed by atoms with Crippen LogP contribution in [0.25, 0.3) is 22.3 Å². The number of hydrogen-bond acceptors (Lipinski definition) is 5. The van der Waals surface area contributed by atoms with Crippen LogP contribution in [0.2, 0.25) is 0 Å². The lowest BCUT2D eigenvalue weighted by atomic mass is 9.53. The molecule has 4 aliphatic rings. The first kappa shape index (κ1) is 22.3. The zero-order valence-corrected chi connectivity index (χ0v) is 20.4. The molecule has 180 valence electrons. The standard InChI is InChI=1S/C28H29N3O3S/c32-25(29-28-14-19-11-20(15-28)13-21(12-19)16-28)18-34-26(33)9-8-22-17-31(23-5-2-1-3-6-23)30-27(22)24-7-4-10-35-24/h1-10,17,19-21H,11-16,18H2,(H,29,32)/b9-8+. The topological polar surface area (TPSA) is 73.2 Å². The van der Waals surface area contributed by atoms with Crippen molar-refractivity contribution in [3.8, 4) is 16.3 Å². The number of rotatable bonds is 7. The number of nitrogens with one attached hydrogen (secondary N) is 1.